The number of thioether (sulfide) groups is 1. The number of rotatable bonds is 6. The zero-order chi connectivity index (χ0) is 16.8. The average molecular weight is 339 g/mol. The molecule has 8 nitrogen and oxygen atoms in total. The van der Waals surface area contributed by atoms with Crippen molar-refractivity contribution in [1.29, 1.82) is 0 Å². The van der Waals surface area contributed by atoms with E-state index in [0.717, 1.165) is 16.7 Å². The molecule has 0 spiro atoms. The molecule has 1 aromatic carbocycles. The van der Waals surface area contributed by atoms with Gasteiger partial charge < -0.3 is 20.1 Å². The zero-order valence-electron chi connectivity index (χ0n) is 12.8. The first-order valence-corrected chi connectivity index (χ1v) is 7.77. The molecular weight excluding hydrogens is 322 g/mol. The topological polar surface area (TPSA) is 97.0 Å². The number of imide groups is 1. The van der Waals surface area contributed by atoms with E-state index in [2.05, 4.69) is 10.6 Å². The molecule has 1 aromatic rings. The van der Waals surface area contributed by atoms with Crippen LogP contribution in [0.15, 0.2) is 18.2 Å². The van der Waals surface area contributed by atoms with Crippen LogP contribution in [-0.4, -0.2) is 55.1 Å². The lowest BCUT2D eigenvalue weighted by atomic mass is 10.3. The smallest absolute Gasteiger partial charge is 0.319 e. The standard InChI is InChI=1S/C14H17N3O5S/c1-21-10-5-9(6-11(7-10)22-2)16-13(19)15-3-4-17-12(18)8-23-14(17)20/h5-7H,3-4,8H2,1-2H3,(H2,15,16,19). The van der Waals surface area contributed by atoms with Crippen molar-refractivity contribution in [3.8, 4) is 11.5 Å². The number of hydrogen-bond acceptors (Lipinski definition) is 6. The number of hydrogen-bond donors (Lipinski definition) is 2. The van der Waals surface area contributed by atoms with Gasteiger partial charge in [0.1, 0.15) is 11.5 Å². The van der Waals surface area contributed by atoms with Gasteiger partial charge in [0.15, 0.2) is 0 Å². The van der Waals surface area contributed by atoms with Crippen LogP contribution in [0.25, 0.3) is 0 Å². The first kappa shape index (κ1) is 16.9. The Kier molecular flexibility index (Phi) is 5.69. The Morgan fingerprint density at radius 1 is 1.22 bits per heavy atom. The molecule has 0 radical (unpaired) electrons. The van der Waals surface area contributed by atoms with Crippen LogP contribution in [0.4, 0.5) is 15.3 Å². The van der Waals surface area contributed by atoms with Gasteiger partial charge in [-0.15, -0.1) is 0 Å². The summed E-state index contributed by atoms with van der Waals surface area (Å²) in [6, 6.07) is 4.52. The molecule has 0 atom stereocenters. The third kappa shape index (κ3) is 4.52. The van der Waals surface area contributed by atoms with E-state index in [1.807, 2.05) is 0 Å². The van der Waals surface area contributed by atoms with Crippen LogP contribution >= 0.6 is 11.8 Å². The average Bonchev–Trinajstić information content (AvgIpc) is 2.86. The normalized spacial score (nSPS) is 13.9. The third-order valence-electron chi connectivity index (χ3n) is 3.07. The predicted octanol–water partition coefficient (Wildman–Crippen LogP) is 1.52. The minimum absolute atomic E-state index is 0.152. The highest BCUT2D eigenvalue weighted by atomic mass is 32.2. The molecule has 1 saturated heterocycles. The van der Waals surface area contributed by atoms with E-state index >= 15 is 0 Å². The molecule has 124 valence electrons. The second kappa shape index (κ2) is 7.73. The van der Waals surface area contributed by atoms with Gasteiger partial charge in [0.2, 0.25) is 5.91 Å². The summed E-state index contributed by atoms with van der Waals surface area (Å²) in [5.74, 6) is 1.02. The van der Waals surface area contributed by atoms with Gasteiger partial charge in [-0.3, -0.25) is 14.5 Å². The maximum atomic E-state index is 11.9. The summed E-state index contributed by atoms with van der Waals surface area (Å²) in [6.07, 6.45) is 0. The van der Waals surface area contributed by atoms with Gasteiger partial charge >= 0.3 is 6.03 Å². The van der Waals surface area contributed by atoms with Gasteiger partial charge in [-0.2, -0.15) is 0 Å². The summed E-state index contributed by atoms with van der Waals surface area (Å²) in [5.41, 5.74) is 0.502. The number of ether oxygens (including phenoxy) is 2. The highest BCUT2D eigenvalue weighted by Crippen LogP contribution is 2.25. The fourth-order valence-electron chi connectivity index (χ4n) is 1.93. The summed E-state index contributed by atoms with van der Waals surface area (Å²) in [4.78, 5) is 35.8. The molecule has 1 aliphatic rings. The number of nitrogens with one attached hydrogen (secondary N) is 2. The fourth-order valence-corrected chi connectivity index (χ4v) is 2.68. The van der Waals surface area contributed by atoms with Crippen molar-refractivity contribution in [2.24, 2.45) is 0 Å². The van der Waals surface area contributed by atoms with E-state index < -0.39 is 6.03 Å². The molecule has 0 aromatic heterocycles. The lowest BCUT2D eigenvalue weighted by Gasteiger charge is -2.14. The predicted molar refractivity (Wildman–Crippen MR) is 86.1 cm³/mol. The molecule has 0 aliphatic carbocycles. The largest absolute Gasteiger partial charge is 0.497 e. The van der Waals surface area contributed by atoms with Gasteiger partial charge in [0.25, 0.3) is 5.24 Å². The molecule has 0 unspecified atom stereocenters. The number of anilines is 1. The van der Waals surface area contributed by atoms with Crippen molar-refractivity contribution in [1.82, 2.24) is 10.2 Å². The molecule has 2 N–H and O–H groups in total. The van der Waals surface area contributed by atoms with E-state index in [4.69, 9.17) is 9.47 Å². The van der Waals surface area contributed by atoms with Gasteiger partial charge in [0, 0.05) is 37.0 Å². The molecule has 23 heavy (non-hydrogen) atoms. The second-order valence-electron chi connectivity index (χ2n) is 4.58. The number of urea groups is 1. The molecule has 4 amide bonds. The number of benzene rings is 1. The maximum absolute atomic E-state index is 11.9. The first-order chi connectivity index (χ1) is 11.0. The fraction of sp³-hybridized carbons (Fsp3) is 0.357. The second-order valence-corrected chi connectivity index (χ2v) is 5.51. The van der Waals surface area contributed by atoms with Crippen LogP contribution < -0.4 is 20.1 Å². The molecule has 1 aliphatic heterocycles. The number of carbonyl (C=O) groups excluding carboxylic acids is 3. The monoisotopic (exact) mass is 339 g/mol. The zero-order valence-corrected chi connectivity index (χ0v) is 13.6. The first-order valence-electron chi connectivity index (χ1n) is 6.78. The van der Waals surface area contributed by atoms with Crippen molar-refractivity contribution in [3.05, 3.63) is 18.2 Å². The Balaban J connectivity index is 1.85. The molecule has 0 saturated carbocycles. The minimum atomic E-state index is -0.452. The summed E-state index contributed by atoms with van der Waals surface area (Å²) >= 11 is 0.964. The van der Waals surface area contributed by atoms with Crippen LogP contribution in [0.2, 0.25) is 0 Å². The summed E-state index contributed by atoms with van der Waals surface area (Å²) in [5, 5.41) is 4.94. The number of nitrogens with zero attached hydrogens (tertiary/aromatic N) is 1. The van der Waals surface area contributed by atoms with Crippen LogP contribution in [0.3, 0.4) is 0 Å². The maximum Gasteiger partial charge on any atom is 0.319 e. The number of amides is 4. The van der Waals surface area contributed by atoms with Crippen molar-refractivity contribution in [3.63, 3.8) is 0 Å². The van der Waals surface area contributed by atoms with E-state index in [9.17, 15) is 14.4 Å². The van der Waals surface area contributed by atoms with Gasteiger partial charge in [-0.1, -0.05) is 11.8 Å². The number of carbonyl (C=O) groups is 3. The highest BCUT2D eigenvalue weighted by molar-refractivity contribution is 8.14. The van der Waals surface area contributed by atoms with Crippen LogP contribution in [-0.2, 0) is 4.79 Å². The summed E-state index contributed by atoms with van der Waals surface area (Å²) in [6.45, 7) is 0.324. The Morgan fingerprint density at radius 3 is 2.39 bits per heavy atom. The molecule has 2 rings (SSSR count). The van der Waals surface area contributed by atoms with Crippen molar-refractivity contribution in [2.75, 3.05) is 38.4 Å². The van der Waals surface area contributed by atoms with Gasteiger partial charge in [0.05, 0.1) is 20.0 Å². The molecule has 0 bridgehead atoms. The Hall–Kier alpha value is -2.42. The summed E-state index contributed by atoms with van der Waals surface area (Å²) < 4.78 is 10.2. The minimum Gasteiger partial charge on any atom is -0.497 e. The van der Waals surface area contributed by atoms with E-state index in [1.54, 1.807) is 18.2 Å². The van der Waals surface area contributed by atoms with Crippen molar-refractivity contribution >= 4 is 34.6 Å². The van der Waals surface area contributed by atoms with Crippen LogP contribution in [0, 0.1) is 0 Å². The Morgan fingerprint density at radius 2 is 1.87 bits per heavy atom. The van der Waals surface area contributed by atoms with E-state index in [1.165, 1.54) is 14.2 Å². The molecule has 1 fully saturated rings. The Bertz CT molecular complexity index is 584. The van der Waals surface area contributed by atoms with E-state index in [0.29, 0.717) is 17.2 Å². The van der Waals surface area contributed by atoms with Crippen LogP contribution in [0.1, 0.15) is 0 Å². The lowest BCUT2D eigenvalue weighted by molar-refractivity contribution is -0.124. The highest BCUT2D eigenvalue weighted by Gasteiger charge is 2.29. The van der Waals surface area contributed by atoms with Gasteiger partial charge in [-0.25, -0.2) is 4.79 Å². The summed E-state index contributed by atoms with van der Waals surface area (Å²) in [7, 11) is 3.03. The molecular formula is C14H17N3O5S. The third-order valence-corrected chi connectivity index (χ3v) is 3.93. The van der Waals surface area contributed by atoms with Crippen molar-refractivity contribution < 1.29 is 23.9 Å². The SMILES string of the molecule is COc1cc(NC(=O)NCCN2C(=O)CSC2=O)cc(OC)c1. The van der Waals surface area contributed by atoms with Crippen molar-refractivity contribution in [2.45, 2.75) is 0 Å². The number of methoxy groups -OCH3 is 2. The molecule has 9 heteroatoms. The quantitative estimate of drug-likeness (QED) is 0.816. The molecule has 1 heterocycles. The van der Waals surface area contributed by atoms with Gasteiger partial charge in [-0.05, 0) is 0 Å². The van der Waals surface area contributed by atoms with Crippen LogP contribution in [0.5, 0.6) is 11.5 Å². The Labute approximate surface area is 137 Å². The van der Waals surface area contributed by atoms with E-state index in [-0.39, 0.29) is 30.0 Å². The lowest BCUT2D eigenvalue weighted by Crippen LogP contribution is -2.39.